The average Bonchev–Trinajstić information content (AvgIpc) is 2.97. The zero-order valence-corrected chi connectivity index (χ0v) is 27.6. The summed E-state index contributed by atoms with van der Waals surface area (Å²) in [6.45, 7) is 21.0. The summed E-state index contributed by atoms with van der Waals surface area (Å²) < 4.78 is 1.53. The van der Waals surface area contributed by atoms with Crippen molar-refractivity contribution in [2.24, 2.45) is 5.41 Å². The molecule has 0 atom stereocenters. The Bertz CT molecular complexity index is 916. The number of benzene rings is 2. The normalized spacial score (nSPS) is 14.0. The number of hydrogen-bond donors (Lipinski definition) is 0. The topological polar surface area (TPSA) is 69.2 Å². The van der Waals surface area contributed by atoms with Crippen molar-refractivity contribution in [2.45, 2.75) is 94.5 Å². The fraction of sp³-hybridized carbons (Fsp3) is 0.429. The van der Waals surface area contributed by atoms with Gasteiger partial charge in [0.15, 0.2) is 0 Å². The van der Waals surface area contributed by atoms with E-state index in [-0.39, 0.29) is 0 Å². The molecule has 0 saturated heterocycles. The van der Waals surface area contributed by atoms with Crippen LogP contribution in [0.3, 0.4) is 0 Å². The molecule has 4 heteroatoms. The molecule has 0 fully saturated rings. The summed E-state index contributed by atoms with van der Waals surface area (Å²) in [5.41, 5.74) is 7.28. The standard InChI is InChI=1S/C16H14.C10H15.3C3H7O.Ti/c1-3-9-15(10-4-1)13-7-8-14-16-11-5-2-6-12-16;1-7-6-10(4,5)9(3)8(7)2;3*1-3(2)4;/h1-14H;1-5H3;3*3H,1-2H3;/q;;3*-1;+3. The molecule has 3 nitrogen and oxygen atoms in total. The van der Waals surface area contributed by atoms with Gasteiger partial charge in [-0.05, 0) is 11.1 Å². The minimum absolute atomic E-state index is 0.314. The SMILES string of the molecule is C(C=Cc1ccccc1)=Cc1ccccc1.CC(C)[O-].CC(C)[O-].CC(C)[O-].CC1=C(C)C(C)(C)[C]([Ti+3])=C1C. The molecule has 0 bridgehead atoms. The van der Waals surface area contributed by atoms with E-state index in [0.29, 0.717) is 5.41 Å². The predicted molar refractivity (Wildman–Crippen MR) is 161 cm³/mol. The van der Waals surface area contributed by atoms with Gasteiger partial charge in [0.05, 0.1) is 0 Å². The van der Waals surface area contributed by atoms with Crippen LogP contribution in [0.15, 0.2) is 93.4 Å². The van der Waals surface area contributed by atoms with Crippen LogP contribution in [-0.4, -0.2) is 18.3 Å². The Kier molecular flexibility index (Phi) is 21.9. The molecule has 0 saturated carbocycles. The molecule has 39 heavy (non-hydrogen) atoms. The molecular formula is C35H50O3Ti. The maximum absolute atomic E-state index is 9.53. The van der Waals surface area contributed by atoms with Gasteiger partial charge in [-0.15, -0.1) is 18.3 Å². The number of rotatable bonds is 3. The molecule has 1 aliphatic rings. The molecule has 0 aromatic heterocycles. The fourth-order valence-corrected chi connectivity index (χ4v) is 3.64. The second-order valence-electron chi connectivity index (χ2n) is 10.6. The van der Waals surface area contributed by atoms with Crippen molar-refractivity contribution in [1.29, 1.82) is 0 Å². The van der Waals surface area contributed by atoms with Gasteiger partial charge in [-0.1, -0.05) is 127 Å². The van der Waals surface area contributed by atoms with E-state index in [0.717, 1.165) is 0 Å². The average molecular weight is 567 g/mol. The van der Waals surface area contributed by atoms with Crippen molar-refractivity contribution in [3.63, 3.8) is 0 Å². The molecule has 0 heterocycles. The van der Waals surface area contributed by atoms with Gasteiger partial charge in [-0.2, -0.15) is 0 Å². The molecule has 0 N–H and O–H groups in total. The van der Waals surface area contributed by atoms with Crippen LogP contribution in [0.4, 0.5) is 0 Å². The van der Waals surface area contributed by atoms with Crippen LogP contribution >= 0.6 is 0 Å². The van der Waals surface area contributed by atoms with E-state index in [9.17, 15) is 15.3 Å². The zero-order chi connectivity index (χ0) is 30.6. The van der Waals surface area contributed by atoms with Gasteiger partial charge in [-0.3, -0.25) is 0 Å². The van der Waals surface area contributed by atoms with Crippen LogP contribution in [0.5, 0.6) is 0 Å². The number of allylic oxidation sites excluding steroid dienone is 6. The van der Waals surface area contributed by atoms with Gasteiger partial charge in [0.2, 0.25) is 0 Å². The van der Waals surface area contributed by atoms with E-state index in [1.165, 1.54) is 31.7 Å². The third-order valence-corrected chi connectivity index (χ3v) is 6.91. The molecule has 2 aromatic rings. The second-order valence-corrected chi connectivity index (χ2v) is 11.3. The maximum atomic E-state index is 9.53. The van der Waals surface area contributed by atoms with Crippen molar-refractivity contribution in [1.82, 2.24) is 0 Å². The predicted octanol–water partition coefficient (Wildman–Crippen LogP) is 6.86. The molecule has 0 aliphatic heterocycles. The van der Waals surface area contributed by atoms with Crippen molar-refractivity contribution in [2.75, 3.05) is 0 Å². The Morgan fingerprint density at radius 2 is 0.872 bits per heavy atom. The van der Waals surface area contributed by atoms with E-state index < -0.39 is 18.3 Å². The van der Waals surface area contributed by atoms with Crippen LogP contribution in [0.1, 0.15) is 87.3 Å². The molecular weight excluding hydrogens is 516 g/mol. The molecule has 212 valence electrons. The van der Waals surface area contributed by atoms with Crippen molar-refractivity contribution in [3.05, 3.63) is 105 Å². The molecule has 2 aromatic carbocycles. The minimum atomic E-state index is -0.417. The van der Waals surface area contributed by atoms with E-state index in [2.05, 4.69) is 104 Å². The number of hydrogen-bond acceptors (Lipinski definition) is 3. The molecule has 1 aliphatic carbocycles. The molecule has 3 rings (SSSR count). The van der Waals surface area contributed by atoms with Crippen LogP contribution in [-0.2, 0) is 20.4 Å². The first-order chi connectivity index (χ1) is 18.0. The van der Waals surface area contributed by atoms with Crippen LogP contribution < -0.4 is 15.3 Å². The summed E-state index contributed by atoms with van der Waals surface area (Å²) in [5, 5.41) is 28.6. The van der Waals surface area contributed by atoms with E-state index in [1.54, 1.807) is 41.5 Å². The van der Waals surface area contributed by atoms with Gasteiger partial charge in [-0.25, -0.2) is 0 Å². The van der Waals surface area contributed by atoms with Crippen molar-refractivity contribution < 1.29 is 35.8 Å². The van der Waals surface area contributed by atoms with E-state index in [4.69, 9.17) is 0 Å². The fourth-order valence-electron chi connectivity index (χ4n) is 3.06. The van der Waals surface area contributed by atoms with E-state index >= 15 is 0 Å². The Labute approximate surface area is 251 Å². The van der Waals surface area contributed by atoms with Gasteiger partial charge in [0, 0.05) is 0 Å². The Morgan fingerprint density at radius 3 is 1.05 bits per heavy atom. The van der Waals surface area contributed by atoms with Gasteiger partial charge < -0.3 is 15.3 Å². The zero-order valence-electron chi connectivity index (χ0n) is 26.0. The summed E-state index contributed by atoms with van der Waals surface area (Å²) in [5.74, 6) is 0. The third-order valence-electron chi connectivity index (χ3n) is 5.35. The first-order valence-electron chi connectivity index (χ1n) is 13.6. The quantitative estimate of drug-likeness (QED) is 0.301. The summed E-state index contributed by atoms with van der Waals surface area (Å²) >= 11 is 2.25. The van der Waals surface area contributed by atoms with Gasteiger partial charge in [0.25, 0.3) is 0 Å². The van der Waals surface area contributed by atoms with Gasteiger partial charge >= 0.3 is 81.1 Å². The Balaban J connectivity index is 0. The summed E-state index contributed by atoms with van der Waals surface area (Å²) in [7, 11) is 0. The Hall–Kier alpha value is -2.01. The monoisotopic (exact) mass is 566 g/mol. The van der Waals surface area contributed by atoms with Crippen LogP contribution in [0.2, 0.25) is 0 Å². The molecule has 0 amide bonds. The molecule has 0 radical (unpaired) electrons. The first-order valence-corrected chi connectivity index (χ1v) is 14.4. The van der Waals surface area contributed by atoms with Crippen LogP contribution in [0, 0.1) is 5.41 Å². The summed E-state index contributed by atoms with van der Waals surface area (Å²) in [6.07, 6.45) is 7.06. The Morgan fingerprint density at radius 1 is 0.590 bits per heavy atom. The van der Waals surface area contributed by atoms with Crippen molar-refractivity contribution in [3.8, 4) is 0 Å². The van der Waals surface area contributed by atoms with E-state index in [1.807, 2.05) is 36.4 Å². The summed E-state index contributed by atoms with van der Waals surface area (Å²) in [4.78, 5) is 0. The first kappa shape index (κ1) is 39.1. The third kappa shape index (κ3) is 20.5. The van der Waals surface area contributed by atoms with Crippen LogP contribution in [0.25, 0.3) is 12.2 Å². The molecule has 0 unspecified atom stereocenters. The van der Waals surface area contributed by atoms with Gasteiger partial charge in [0.1, 0.15) is 0 Å². The second kappa shape index (κ2) is 21.8. The summed E-state index contributed by atoms with van der Waals surface area (Å²) in [6, 6.07) is 20.6. The van der Waals surface area contributed by atoms with Crippen molar-refractivity contribution >= 4 is 12.2 Å². The molecule has 0 spiro atoms.